The number of carbonyl (C=O) groups is 2. The summed E-state index contributed by atoms with van der Waals surface area (Å²) in [5.74, 6) is -1.59. The van der Waals surface area contributed by atoms with Crippen LogP contribution in [-0.4, -0.2) is 37.5 Å². The molecule has 0 radical (unpaired) electrons. The first-order valence-electron chi connectivity index (χ1n) is 5.77. The van der Waals surface area contributed by atoms with E-state index in [1.807, 2.05) is 0 Å². The van der Waals surface area contributed by atoms with Gasteiger partial charge < -0.3 is 4.74 Å². The van der Waals surface area contributed by atoms with Gasteiger partial charge in [-0.15, -0.1) is 0 Å². The molecule has 19 heavy (non-hydrogen) atoms. The Kier molecular flexibility index (Phi) is 2.51. The van der Waals surface area contributed by atoms with Crippen molar-refractivity contribution in [3.05, 3.63) is 30.3 Å². The number of ether oxygens (including phenoxy) is 1. The number of amides is 2. The van der Waals surface area contributed by atoms with E-state index in [9.17, 15) is 18.0 Å². The van der Waals surface area contributed by atoms with Crippen molar-refractivity contribution in [1.82, 2.24) is 0 Å². The third-order valence-electron chi connectivity index (χ3n) is 3.37. The molecule has 1 aromatic carbocycles. The molecule has 0 saturated carbocycles. The van der Waals surface area contributed by atoms with Gasteiger partial charge in [-0.05, 0) is 12.1 Å². The van der Waals surface area contributed by atoms with Gasteiger partial charge in [0.15, 0.2) is 9.84 Å². The van der Waals surface area contributed by atoms with Crippen molar-refractivity contribution < 1.29 is 22.7 Å². The molecule has 2 saturated heterocycles. The fourth-order valence-electron chi connectivity index (χ4n) is 2.40. The quantitative estimate of drug-likeness (QED) is 0.682. The molecule has 1 aromatic rings. The molecular weight excluding hydrogens is 270 g/mol. The predicted octanol–water partition coefficient (Wildman–Crippen LogP) is 0.0912. The summed E-state index contributed by atoms with van der Waals surface area (Å²) >= 11 is 0. The molecule has 0 N–H and O–H groups in total. The Balaban J connectivity index is 2.08. The number of hydrogen-bond acceptors (Lipinski definition) is 5. The van der Waals surface area contributed by atoms with E-state index >= 15 is 0 Å². The summed E-state index contributed by atoms with van der Waals surface area (Å²) in [6.45, 7) is -0.0516. The Hall–Kier alpha value is -1.73. The Labute approximate surface area is 109 Å². The van der Waals surface area contributed by atoms with Crippen LogP contribution in [0.4, 0.5) is 5.69 Å². The molecule has 0 aliphatic carbocycles. The first-order valence-corrected chi connectivity index (χ1v) is 7.42. The minimum atomic E-state index is -3.74. The van der Waals surface area contributed by atoms with Crippen molar-refractivity contribution in [2.45, 2.75) is 11.4 Å². The monoisotopic (exact) mass is 281 g/mol. The van der Waals surface area contributed by atoms with Crippen molar-refractivity contribution >= 4 is 27.3 Å². The van der Waals surface area contributed by atoms with E-state index in [0.29, 0.717) is 5.69 Å². The van der Waals surface area contributed by atoms with Gasteiger partial charge in [0.25, 0.3) is 10.8 Å². The molecule has 2 aliphatic rings. The number of para-hydroxylation sites is 1. The molecule has 3 rings (SSSR count). The zero-order valence-corrected chi connectivity index (χ0v) is 10.7. The summed E-state index contributed by atoms with van der Waals surface area (Å²) in [4.78, 5) is 23.2. The standard InChI is InChI=1S/C12H11NO5S/c14-10-8-12(18-6-7-19(12,16)17)11(15)13(10)9-4-2-1-3-5-9/h1-5H,6-8H2. The van der Waals surface area contributed by atoms with E-state index in [0.717, 1.165) is 4.90 Å². The summed E-state index contributed by atoms with van der Waals surface area (Å²) in [5.41, 5.74) is 0.361. The lowest BCUT2D eigenvalue weighted by atomic mass is 10.3. The van der Waals surface area contributed by atoms with Crippen LogP contribution in [0.15, 0.2) is 30.3 Å². The van der Waals surface area contributed by atoms with Crippen LogP contribution in [0.2, 0.25) is 0 Å². The average Bonchev–Trinajstić information content (AvgIpc) is 2.80. The number of rotatable bonds is 1. The number of hydrogen-bond donors (Lipinski definition) is 0. The van der Waals surface area contributed by atoms with Crippen LogP contribution in [0.25, 0.3) is 0 Å². The molecule has 2 fully saturated rings. The van der Waals surface area contributed by atoms with Gasteiger partial charge in [0.1, 0.15) is 0 Å². The summed E-state index contributed by atoms with van der Waals surface area (Å²) in [5, 5.41) is 0. The SMILES string of the molecule is O=C1CC2(OCCS2(=O)=O)C(=O)N1c1ccccc1. The predicted molar refractivity (Wildman–Crippen MR) is 66.0 cm³/mol. The van der Waals surface area contributed by atoms with E-state index in [1.165, 1.54) is 0 Å². The van der Waals surface area contributed by atoms with Crippen molar-refractivity contribution in [3.8, 4) is 0 Å². The van der Waals surface area contributed by atoms with Crippen LogP contribution in [0.5, 0.6) is 0 Å². The molecule has 1 spiro atoms. The fraction of sp³-hybridized carbons (Fsp3) is 0.333. The molecule has 7 heteroatoms. The van der Waals surface area contributed by atoms with E-state index < -0.39 is 33.0 Å². The molecule has 0 aromatic heterocycles. The largest absolute Gasteiger partial charge is 0.350 e. The van der Waals surface area contributed by atoms with Gasteiger partial charge in [-0.2, -0.15) is 0 Å². The van der Waals surface area contributed by atoms with E-state index in [1.54, 1.807) is 30.3 Å². The normalized spacial score (nSPS) is 29.4. The molecule has 2 aliphatic heterocycles. The lowest BCUT2D eigenvalue weighted by Crippen LogP contribution is -2.45. The minimum Gasteiger partial charge on any atom is -0.350 e. The number of imide groups is 1. The summed E-state index contributed by atoms with van der Waals surface area (Å²) in [6, 6.07) is 8.25. The first kappa shape index (κ1) is 12.3. The van der Waals surface area contributed by atoms with Gasteiger partial charge in [0.05, 0.1) is 24.5 Å². The van der Waals surface area contributed by atoms with Crippen molar-refractivity contribution in [2.75, 3.05) is 17.3 Å². The number of benzene rings is 1. The van der Waals surface area contributed by atoms with Crippen LogP contribution in [-0.2, 0) is 24.2 Å². The van der Waals surface area contributed by atoms with E-state index in [4.69, 9.17) is 4.74 Å². The molecule has 1 atom stereocenters. The highest BCUT2D eigenvalue weighted by Crippen LogP contribution is 2.39. The lowest BCUT2D eigenvalue weighted by molar-refractivity contribution is -0.128. The third kappa shape index (κ3) is 1.55. The third-order valence-corrected chi connectivity index (χ3v) is 5.51. The number of carbonyl (C=O) groups excluding carboxylic acids is 2. The Morgan fingerprint density at radius 2 is 1.84 bits per heavy atom. The maximum Gasteiger partial charge on any atom is 0.282 e. The number of anilines is 1. The highest BCUT2D eigenvalue weighted by Gasteiger charge is 2.64. The topological polar surface area (TPSA) is 80.8 Å². The maximum absolute atomic E-state index is 12.4. The minimum absolute atomic E-state index is 0.0516. The zero-order valence-electron chi connectivity index (χ0n) is 9.90. The first-order chi connectivity index (χ1) is 8.98. The van der Waals surface area contributed by atoms with Crippen molar-refractivity contribution in [2.24, 2.45) is 0 Å². The second kappa shape index (κ2) is 3.88. The van der Waals surface area contributed by atoms with Crippen LogP contribution < -0.4 is 4.90 Å². The van der Waals surface area contributed by atoms with Gasteiger partial charge in [-0.1, -0.05) is 18.2 Å². The Bertz CT molecular complexity index is 654. The number of nitrogens with zero attached hydrogens (tertiary/aromatic N) is 1. The summed E-state index contributed by atoms with van der Waals surface area (Å²) in [6.07, 6.45) is -0.441. The highest BCUT2D eigenvalue weighted by molar-refractivity contribution is 7.93. The molecule has 0 bridgehead atoms. The second-order valence-electron chi connectivity index (χ2n) is 4.47. The van der Waals surface area contributed by atoms with Gasteiger partial charge in [0.2, 0.25) is 5.91 Å². The van der Waals surface area contributed by atoms with Crippen molar-refractivity contribution in [3.63, 3.8) is 0 Å². The van der Waals surface area contributed by atoms with Gasteiger partial charge >= 0.3 is 0 Å². The van der Waals surface area contributed by atoms with Crippen LogP contribution >= 0.6 is 0 Å². The fourth-order valence-corrected chi connectivity index (χ4v) is 4.00. The molecule has 1 unspecified atom stereocenters. The maximum atomic E-state index is 12.4. The van der Waals surface area contributed by atoms with Gasteiger partial charge in [-0.25, -0.2) is 13.3 Å². The molecule has 100 valence electrons. The van der Waals surface area contributed by atoms with Gasteiger partial charge in [-0.3, -0.25) is 9.59 Å². The number of sulfone groups is 1. The average molecular weight is 281 g/mol. The molecule has 2 amide bonds. The summed E-state index contributed by atoms with van der Waals surface area (Å²) in [7, 11) is -3.74. The van der Waals surface area contributed by atoms with E-state index in [-0.39, 0.29) is 12.4 Å². The second-order valence-corrected chi connectivity index (χ2v) is 6.76. The van der Waals surface area contributed by atoms with E-state index in [2.05, 4.69) is 0 Å². The molecule has 2 heterocycles. The smallest absolute Gasteiger partial charge is 0.282 e. The van der Waals surface area contributed by atoms with Crippen LogP contribution in [0.3, 0.4) is 0 Å². The van der Waals surface area contributed by atoms with Gasteiger partial charge in [0, 0.05) is 0 Å². The molecular formula is C12H11NO5S. The Morgan fingerprint density at radius 1 is 1.16 bits per heavy atom. The van der Waals surface area contributed by atoms with Crippen molar-refractivity contribution in [1.29, 1.82) is 0 Å². The highest BCUT2D eigenvalue weighted by atomic mass is 32.2. The Morgan fingerprint density at radius 3 is 2.42 bits per heavy atom. The van der Waals surface area contributed by atoms with Crippen LogP contribution in [0.1, 0.15) is 6.42 Å². The molecule has 6 nitrogen and oxygen atoms in total. The lowest BCUT2D eigenvalue weighted by Gasteiger charge is -2.19. The summed E-state index contributed by atoms with van der Waals surface area (Å²) < 4.78 is 29.1. The zero-order chi connectivity index (χ0) is 13.7. The van der Waals surface area contributed by atoms with Crippen LogP contribution in [0, 0.1) is 0 Å².